The minimum atomic E-state index is 0.190. The summed E-state index contributed by atoms with van der Waals surface area (Å²) in [5.41, 5.74) is 2.44. The molecule has 1 aromatic heterocycles. The number of H-pyrrole nitrogens is 1. The third kappa shape index (κ3) is 8.77. The summed E-state index contributed by atoms with van der Waals surface area (Å²) in [6, 6.07) is 8.31. The van der Waals surface area contributed by atoms with Crippen LogP contribution in [0.15, 0.2) is 42.6 Å². The monoisotopic (exact) mass is 382 g/mol. The van der Waals surface area contributed by atoms with Gasteiger partial charge in [0.15, 0.2) is 0 Å². The number of fused-ring (bicyclic) bond motifs is 1. The molecule has 3 heteroatoms. The fourth-order valence-corrected chi connectivity index (χ4v) is 3.59. The Bertz CT molecular complexity index is 701. The summed E-state index contributed by atoms with van der Waals surface area (Å²) in [5.74, 6) is 0.190. The largest absolute Gasteiger partial charge is 0.361 e. The zero-order valence-corrected chi connectivity index (χ0v) is 17.6. The van der Waals surface area contributed by atoms with Crippen LogP contribution in [-0.4, -0.2) is 17.4 Å². The molecule has 0 aliphatic rings. The molecule has 2 aromatic rings. The molecule has 0 saturated heterocycles. The minimum absolute atomic E-state index is 0.190. The SMILES string of the molecule is CCCCC/C=C\CCCCCCCC(=O)NCCc1c[nH]c2ccccc12. The van der Waals surface area contributed by atoms with Crippen LogP contribution in [0.4, 0.5) is 0 Å². The summed E-state index contributed by atoms with van der Waals surface area (Å²) < 4.78 is 0. The first-order valence-electron chi connectivity index (χ1n) is 11.3. The highest BCUT2D eigenvalue weighted by molar-refractivity contribution is 5.83. The quantitative estimate of drug-likeness (QED) is 0.261. The number of aromatic nitrogens is 1. The van der Waals surface area contributed by atoms with Crippen molar-refractivity contribution in [2.45, 2.75) is 84.0 Å². The number of carbonyl (C=O) groups is 1. The Labute approximate surface area is 171 Å². The van der Waals surface area contributed by atoms with Crippen molar-refractivity contribution in [1.82, 2.24) is 10.3 Å². The molecule has 0 atom stereocenters. The van der Waals surface area contributed by atoms with E-state index in [1.165, 1.54) is 62.3 Å². The molecule has 154 valence electrons. The first-order chi connectivity index (χ1) is 13.8. The maximum Gasteiger partial charge on any atom is 0.220 e. The Balaban J connectivity index is 1.43. The molecule has 2 N–H and O–H groups in total. The number of amides is 1. The molecule has 0 unspecified atom stereocenters. The minimum Gasteiger partial charge on any atom is -0.361 e. The second kappa shape index (κ2) is 14.0. The summed E-state index contributed by atoms with van der Waals surface area (Å²) in [4.78, 5) is 15.3. The number of nitrogens with one attached hydrogen (secondary N) is 2. The first-order valence-corrected chi connectivity index (χ1v) is 11.3. The Hall–Kier alpha value is -2.03. The number of para-hydroxylation sites is 1. The van der Waals surface area contributed by atoms with E-state index in [2.05, 4.69) is 53.8 Å². The Morgan fingerprint density at radius 3 is 2.50 bits per heavy atom. The second-order valence-corrected chi connectivity index (χ2v) is 7.73. The van der Waals surface area contributed by atoms with Gasteiger partial charge in [-0.05, 0) is 50.2 Å². The van der Waals surface area contributed by atoms with Crippen molar-refractivity contribution in [3.8, 4) is 0 Å². The highest BCUT2D eigenvalue weighted by Crippen LogP contribution is 2.17. The smallest absolute Gasteiger partial charge is 0.220 e. The molecule has 0 aliphatic heterocycles. The van der Waals surface area contributed by atoms with Gasteiger partial charge in [0.1, 0.15) is 0 Å². The van der Waals surface area contributed by atoms with Gasteiger partial charge in [0.2, 0.25) is 5.91 Å². The molecule has 0 spiro atoms. The standard InChI is InChI=1S/C25H38N2O/c1-2-3-4-5-6-7-8-9-10-11-12-13-18-25(28)26-20-19-22-21-27-24-17-15-14-16-23(22)24/h6-7,14-17,21,27H,2-5,8-13,18-20H2,1H3,(H,26,28)/b7-6-. The average Bonchev–Trinajstić information content (AvgIpc) is 3.12. The second-order valence-electron chi connectivity index (χ2n) is 7.73. The van der Waals surface area contributed by atoms with Gasteiger partial charge >= 0.3 is 0 Å². The van der Waals surface area contributed by atoms with Crippen LogP contribution < -0.4 is 5.32 Å². The van der Waals surface area contributed by atoms with Crippen molar-refractivity contribution in [3.05, 3.63) is 48.2 Å². The number of allylic oxidation sites excluding steroid dienone is 2. The van der Waals surface area contributed by atoms with Gasteiger partial charge in [-0.1, -0.05) is 69.4 Å². The van der Waals surface area contributed by atoms with Gasteiger partial charge < -0.3 is 10.3 Å². The summed E-state index contributed by atoms with van der Waals surface area (Å²) in [5, 5.41) is 4.32. The van der Waals surface area contributed by atoms with Gasteiger partial charge in [0.05, 0.1) is 0 Å². The lowest BCUT2D eigenvalue weighted by atomic mass is 10.1. The molecule has 1 aromatic carbocycles. The number of aromatic amines is 1. The molecular formula is C25H38N2O. The lowest BCUT2D eigenvalue weighted by Crippen LogP contribution is -2.25. The summed E-state index contributed by atoms with van der Waals surface area (Å²) >= 11 is 0. The number of hydrogen-bond acceptors (Lipinski definition) is 1. The molecule has 2 rings (SSSR count). The van der Waals surface area contributed by atoms with E-state index in [0.717, 1.165) is 24.8 Å². The van der Waals surface area contributed by atoms with Gasteiger partial charge in [-0.15, -0.1) is 0 Å². The maximum atomic E-state index is 12.0. The fraction of sp³-hybridized carbons (Fsp3) is 0.560. The van der Waals surface area contributed by atoms with E-state index in [4.69, 9.17) is 0 Å². The summed E-state index contributed by atoms with van der Waals surface area (Å²) in [6.07, 6.45) is 20.7. The molecule has 0 saturated carbocycles. The van der Waals surface area contributed by atoms with Crippen molar-refractivity contribution < 1.29 is 4.79 Å². The maximum absolute atomic E-state index is 12.0. The van der Waals surface area contributed by atoms with Crippen molar-refractivity contribution >= 4 is 16.8 Å². The van der Waals surface area contributed by atoms with Gasteiger partial charge in [0, 0.05) is 30.1 Å². The molecule has 0 radical (unpaired) electrons. The van der Waals surface area contributed by atoms with Crippen molar-refractivity contribution in [2.75, 3.05) is 6.54 Å². The van der Waals surface area contributed by atoms with Gasteiger partial charge in [0.25, 0.3) is 0 Å². The zero-order valence-electron chi connectivity index (χ0n) is 17.6. The Morgan fingerprint density at radius 1 is 0.964 bits per heavy atom. The molecular weight excluding hydrogens is 344 g/mol. The lowest BCUT2D eigenvalue weighted by molar-refractivity contribution is -0.121. The predicted molar refractivity (Wildman–Crippen MR) is 121 cm³/mol. The number of rotatable bonds is 15. The first kappa shape index (κ1) is 22.3. The van der Waals surface area contributed by atoms with Gasteiger partial charge in [-0.2, -0.15) is 0 Å². The van der Waals surface area contributed by atoms with E-state index < -0.39 is 0 Å². The molecule has 1 amide bonds. The van der Waals surface area contributed by atoms with Gasteiger partial charge in [-0.3, -0.25) is 4.79 Å². The van der Waals surface area contributed by atoms with Gasteiger partial charge in [-0.25, -0.2) is 0 Å². The van der Waals surface area contributed by atoms with E-state index in [-0.39, 0.29) is 5.91 Å². The number of benzene rings is 1. The average molecular weight is 383 g/mol. The van der Waals surface area contributed by atoms with E-state index in [1.807, 2.05) is 6.07 Å². The van der Waals surface area contributed by atoms with Crippen LogP contribution in [0.3, 0.4) is 0 Å². The highest BCUT2D eigenvalue weighted by atomic mass is 16.1. The molecule has 0 bridgehead atoms. The zero-order chi connectivity index (χ0) is 19.9. The van der Waals surface area contributed by atoms with Crippen LogP contribution in [0.5, 0.6) is 0 Å². The van der Waals surface area contributed by atoms with Crippen LogP contribution in [-0.2, 0) is 11.2 Å². The van der Waals surface area contributed by atoms with Crippen LogP contribution in [0, 0.1) is 0 Å². The van der Waals surface area contributed by atoms with Crippen LogP contribution >= 0.6 is 0 Å². The summed E-state index contributed by atoms with van der Waals surface area (Å²) in [6.45, 7) is 2.96. The Kier molecular flexibility index (Phi) is 11.2. The molecule has 28 heavy (non-hydrogen) atoms. The van der Waals surface area contributed by atoms with Crippen molar-refractivity contribution in [2.24, 2.45) is 0 Å². The van der Waals surface area contributed by atoms with E-state index >= 15 is 0 Å². The van der Waals surface area contributed by atoms with Crippen LogP contribution in [0.2, 0.25) is 0 Å². The van der Waals surface area contributed by atoms with E-state index in [1.54, 1.807) is 0 Å². The number of unbranched alkanes of at least 4 members (excludes halogenated alkanes) is 8. The van der Waals surface area contributed by atoms with Crippen LogP contribution in [0.1, 0.15) is 83.1 Å². The van der Waals surface area contributed by atoms with Crippen molar-refractivity contribution in [1.29, 1.82) is 0 Å². The van der Waals surface area contributed by atoms with Crippen LogP contribution in [0.25, 0.3) is 10.9 Å². The summed E-state index contributed by atoms with van der Waals surface area (Å²) in [7, 11) is 0. The highest BCUT2D eigenvalue weighted by Gasteiger charge is 2.04. The molecule has 0 fully saturated rings. The molecule has 0 aliphatic carbocycles. The van der Waals surface area contributed by atoms with E-state index in [0.29, 0.717) is 13.0 Å². The topological polar surface area (TPSA) is 44.9 Å². The molecule has 3 nitrogen and oxygen atoms in total. The third-order valence-corrected chi connectivity index (χ3v) is 5.31. The lowest BCUT2D eigenvalue weighted by Gasteiger charge is -2.05. The predicted octanol–water partition coefficient (Wildman–Crippen LogP) is 6.69. The van der Waals surface area contributed by atoms with Crippen molar-refractivity contribution in [3.63, 3.8) is 0 Å². The normalized spacial score (nSPS) is 11.5. The molecule has 1 heterocycles. The fourth-order valence-electron chi connectivity index (χ4n) is 3.59. The number of carbonyl (C=O) groups excluding carboxylic acids is 1. The Morgan fingerprint density at radius 2 is 1.68 bits per heavy atom. The number of hydrogen-bond donors (Lipinski definition) is 2. The third-order valence-electron chi connectivity index (χ3n) is 5.31. The van der Waals surface area contributed by atoms with E-state index in [9.17, 15) is 4.79 Å².